The average molecular weight is 296 g/mol. The number of aryl methyl sites for hydroxylation is 1. The van der Waals surface area contributed by atoms with Crippen molar-refractivity contribution in [2.24, 2.45) is 0 Å². The van der Waals surface area contributed by atoms with Crippen LogP contribution in [0, 0.1) is 0 Å². The molecule has 0 aliphatic heterocycles. The zero-order valence-corrected chi connectivity index (χ0v) is 10.7. The van der Waals surface area contributed by atoms with E-state index in [1.54, 1.807) is 0 Å². The van der Waals surface area contributed by atoms with Gasteiger partial charge in [-0.25, -0.2) is 9.48 Å². The molecule has 5 nitrogen and oxygen atoms in total. The topological polar surface area (TPSA) is 68.0 Å². The first-order valence-electron chi connectivity index (χ1n) is 5.06. The highest BCUT2D eigenvalue weighted by molar-refractivity contribution is 9.10. The first-order chi connectivity index (χ1) is 8.11. The summed E-state index contributed by atoms with van der Waals surface area (Å²) in [6.07, 6.45) is 2.24. The number of aromatic carboxylic acids is 1. The number of carboxylic acids is 1. The van der Waals surface area contributed by atoms with Crippen LogP contribution in [0.25, 0.3) is 5.69 Å². The van der Waals surface area contributed by atoms with Gasteiger partial charge in [-0.1, -0.05) is 28.1 Å². The molecule has 1 N–H and O–H groups in total. The van der Waals surface area contributed by atoms with Crippen LogP contribution in [0.15, 0.2) is 28.9 Å². The summed E-state index contributed by atoms with van der Waals surface area (Å²) in [5.41, 5.74) is 1.85. The lowest BCUT2D eigenvalue weighted by molar-refractivity contribution is 0.0690. The van der Waals surface area contributed by atoms with E-state index in [1.165, 1.54) is 10.9 Å². The lowest BCUT2D eigenvalue weighted by atomic mass is 10.1. The van der Waals surface area contributed by atoms with Crippen LogP contribution in [0.4, 0.5) is 0 Å². The largest absolute Gasteiger partial charge is 0.476 e. The normalized spacial score (nSPS) is 10.5. The Balaban J connectivity index is 2.48. The fourth-order valence-corrected chi connectivity index (χ4v) is 1.95. The third-order valence-electron chi connectivity index (χ3n) is 2.38. The van der Waals surface area contributed by atoms with Crippen LogP contribution in [0.3, 0.4) is 0 Å². The number of nitrogens with zero attached hydrogens (tertiary/aromatic N) is 3. The molecule has 88 valence electrons. The Morgan fingerprint density at radius 1 is 1.53 bits per heavy atom. The van der Waals surface area contributed by atoms with E-state index >= 15 is 0 Å². The third kappa shape index (κ3) is 2.36. The van der Waals surface area contributed by atoms with E-state index in [1.807, 2.05) is 25.1 Å². The molecule has 0 saturated carbocycles. The standard InChI is InChI=1S/C11H10BrN3O2/c1-2-7-5-8(12)3-4-10(7)15-6-9(11(16)17)13-14-15/h3-6H,2H2,1H3,(H,16,17). The van der Waals surface area contributed by atoms with Gasteiger partial charge in [0.05, 0.1) is 11.9 Å². The smallest absolute Gasteiger partial charge is 0.358 e. The molecule has 1 aromatic heterocycles. The highest BCUT2D eigenvalue weighted by atomic mass is 79.9. The molecule has 1 aromatic carbocycles. The number of hydrogen-bond acceptors (Lipinski definition) is 3. The summed E-state index contributed by atoms with van der Waals surface area (Å²) in [6, 6.07) is 5.75. The number of carboxylic acid groups (broad SMARTS) is 1. The zero-order chi connectivity index (χ0) is 12.4. The number of halogens is 1. The van der Waals surface area contributed by atoms with E-state index < -0.39 is 5.97 Å². The molecule has 2 aromatic rings. The van der Waals surface area contributed by atoms with Crippen molar-refractivity contribution < 1.29 is 9.90 Å². The van der Waals surface area contributed by atoms with E-state index in [0.717, 1.165) is 22.1 Å². The number of carbonyl (C=O) groups is 1. The van der Waals surface area contributed by atoms with Gasteiger partial charge in [0.15, 0.2) is 5.69 Å². The molecule has 0 atom stereocenters. The maximum atomic E-state index is 10.7. The summed E-state index contributed by atoms with van der Waals surface area (Å²) in [7, 11) is 0. The van der Waals surface area contributed by atoms with Crippen LogP contribution in [0.2, 0.25) is 0 Å². The van der Waals surface area contributed by atoms with Crippen LogP contribution < -0.4 is 0 Å². The van der Waals surface area contributed by atoms with Crippen LogP contribution in [-0.4, -0.2) is 26.1 Å². The molecule has 2 rings (SSSR count). The maximum absolute atomic E-state index is 10.7. The van der Waals surface area contributed by atoms with Crippen LogP contribution in [0.5, 0.6) is 0 Å². The Morgan fingerprint density at radius 2 is 2.29 bits per heavy atom. The Kier molecular flexibility index (Phi) is 3.23. The molecule has 0 aliphatic rings. The Bertz CT molecular complexity index is 566. The summed E-state index contributed by atoms with van der Waals surface area (Å²) in [4.78, 5) is 10.7. The third-order valence-corrected chi connectivity index (χ3v) is 2.88. The second-order valence-corrected chi connectivity index (χ2v) is 4.40. The first kappa shape index (κ1) is 11.8. The van der Waals surface area contributed by atoms with Gasteiger partial charge < -0.3 is 5.11 Å². The van der Waals surface area contributed by atoms with Crippen molar-refractivity contribution in [2.45, 2.75) is 13.3 Å². The minimum Gasteiger partial charge on any atom is -0.476 e. The fourth-order valence-electron chi connectivity index (χ4n) is 1.54. The zero-order valence-electron chi connectivity index (χ0n) is 9.09. The van der Waals surface area contributed by atoms with Gasteiger partial charge in [-0.05, 0) is 30.2 Å². The molecule has 0 spiro atoms. The van der Waals surface area contributed by atoms with Gasteiger partial charge in [-0.3, -0.25) is 0 Å². The summed E-state index contributed by atoms with van der Waals surface area (Å²) in [5.74, 6) is -1.08. The molecular formula is C11H10BrN3O2. The predicted molar refractivity (Wildman–Crippen MR) is 65.4 cm³/mol. The Labute approximate surface area is 106 Å². The Hall–Kier alpha value is -1.69. The van der Waals surface area contributed by atoms with Gasteiger partial charge in [-0.2, -0.15) is 0 Å². The summed E-state index contributed by atoms with van der Waals surface area (Å²) >= 11 is 3.40. The Morgan fingerprint density at radius 3 is 2.88 bits per heavy atom. The van der Waals surface area contributed by atoms with Crippen LogP contribution in [0.1, 0.15) is 23.0 Å². The fraction of sp³-hybridized carbons (Fsp3) is 0.182. The average Bonchev–Trinajstić information content (AvgIpc) is 2.78. The van der Waals surface area contributed by atoms with Gasteiger partial charge in [0, 0.05) is 4.47 Å². The van der Waals surface area contributed by atoms with Gasteiger partial charge in [0.1, 0.15) is 0 Å². The van der Waals surface area contributed by atoms with Crippen molar-refractivity contribution >= 4 is 21.9 Å². The predicted octanol–water partition coefficient (Wildman–Crippen LogP) is 2.29. The maximum Gasteiger partial charge on any atom is 0.358 e. The molecule has 0 saturated heterocycles. The van der Waals surface area contributed by atoms with E-state index in [9.17, 15) is 4.79 Å². The van der Waals surface area contributed by atoms with Crippen molar-refractivity contribution in [3.8, 4) is 5.69 Å². The molecule has 0 radical (unpaired) electrons. The highest BCUT2D eigenvalue weighted by Gasteiger charge is 2.11. The lowest BCUT2D eigenvalue weighted by Gasteiger charge is -2.07. The van der Waals surface area contributed by atoms with Gasteiger partial charge in [-0.15, -0.1) is 5.10 Å². The second-order valence-electron chi connectivity index (χ2n) is 3.48. The number of hydrogen-bond donors (Lipinski definition) is 1. The van der Waals surface area contributed by atoms with E-state index in [0.29, 0.717) is 0 Å². The van der Waals surface area contributed by atoms with E-state index in [2.05, 4.69) is 26.2 Å². The van der Waals surface area contributed by atoms with Crippen molar-refractivity contribution in [1.29, 1.82) is 0 Å². The molecule has 0 aliphatic carbocycles. The SMILES string of the molecule is CCc1cc(Br)ccc1-n1cc(C(=O)O)nn1. The minimum atomic E-state index is -1.08. The highest BCUT2D eigenvalue weighted by Crippen LogP contribution is 2.20. The molecule has 0 amide bonds. The molecule has 0 bridgehead atoms. The van der Waals surface area contributed by atoms with Crippen LogP contribution in [-0.2, 0) is 6.42 Å². The van der Waals surface area contributed by atoms with Crippen molar-refractivity contribution in [1.82, 2.24) is 15.0 Å². The first-order valence-corrected chi connectivity index (χ1v) is 5.85. The minimum absolute atomic E-state index is 0.0602. The molecule has 0 unspecified atom stereocenters. The molecule has 0 fully saturated rings. The summed E-state index contributed by atoms with van der Waals surface area (Å²) < 4.78 is 2.46. The van der Waals surface area contributed by atoms with Gasteiger partial charge >= 0.3 is 5.97 Å². The number of aromatic nitrogens is 3. The van der Waals surface area contributed by atoms with Gasteiger partial charge in [0.25, 0.3) is 0 Å². The van der Waals surface area contributed by atoms with Crippen molar-refractivity contribution in [3.63, 3.8) is 0 Å². The van der Waals surface area contributed by atoms with Crippen molar-refractivity contribution in [3.05, 3.63) is 40.1 Å². The molecule has 6 heteroatoms. The molecule has 1 heterocycles. The second kappa shape index (κ2) is 4.67. The summed E-state index contributed by atoms with van der Waals surface area (Å²) in [5, 5.41) is 16.2. The molecular weight excluding hydrogens is 286 g/mol. The van der Waals surface area contributed by atoms with Crippen molar-refractivity contribution in [2.75, 3.05) is 0 Å². The van der Waals surface area contributed by atoms with E-state index in [4.69, 9.17) is 5.11 Å². The quantitative estimate of drug-likeness (QED) is 0.943. The summed E-state index contributed by atoms with van der Waals surface area (Å²) in [6.45, 7) is 2.03. The lowest BCUT2D eigenvalue weighted by Crippen LogP contribution is -2.00. The molecule has 17 heavy (non-hydrogen) atoms. The number of benzene rings is 1. The number of rotatable bonds is 3. The monoisotopic (exact) mass is 295 g/mol. The van der Waals surface area contributed by atoms with Gasteiger partial charge in [0.2, 0.25) is 0 Å². The van der Waals surface area contributed by atoms with E-state index in [-0.39, 0.29) is 5.69 Å². The van der Waals surface area contributed by atoms with Crippen LogP contribution >= 0.6 is 15.9 Å².